The van der Waals surface area contributed by atoms with Crippen LogP contribution in [0.5, 0.6) is 5.75 Å². The SMILES string of the molecule is O=C(Nc1ccc2c(c1)[C@@H]1C[C@H](CC(=O)N3CCCCC3)O[C@H](CO)[C@@H]1O2)NC1CCCC1. The number of hydrogen-bond donors (Lipinski definition) is 3. The molecule has 3 amide bonds. The molecule has 4 aliphatic rings. The Morgan fingerprint density at radius 2 is 1.88 bits per heavy atom. The molecule has 1 saturated carbocycles. The van der Waals surface area contributed by atoms with Gasteiger partial charge in [-0.05, 0) is 56.7 Å². The molecule has 8 nitrogen and oxygen atoms in total. The van der Waals surface area contributed by atoms with Crippen molar-refractivity contribution >= 4 is 17.6 Å². The van der Waals surface area contributed by atoms with Crippen molar-refractivity contribution in [2.75, 3.05) is 25.0 Å². The van der Waals surface area contributed by atoms with Crippen LogP contribution < -0.4 is 15.4 Å². The van der Waals surface area contributed by atoms with Gasteiger partial charge in [-0.25, -0.2) is 4.79 Å². The maximum Gasteiger partial charge on any atom is 0.319 e. The number of amides is 3. The normalized spacial score (nSPS) is 29.2. The summed E-state index contributed by atoms with van der Waals surface area (Å²) in [6.45, 7) is 1.49. The molecule has 8 heteroatoms. The highest BCUT2D eigenvalue weighted by Gasteiger charge is 2.46. The molecule has 3 heterocycles. The van der Waals surface area contributed by atoms with Gasteiger partial charge in [-0.2, -0.15) is 0 Å². The molecule has 5 rings (SSSR count). The van der Waals surface area contributed by atoms with Gasteiger partial charge in [0.1, 0.15) is 18.0 Å². The molecule has 1 aromatic carbocycles. The highest BCUT2D eigenvalue weighted by Crippen LogP contribution is 2.47. The number of hydrogen-bond acceptors (Lipinski definition) is 5. The van der Waals surface area contributed by atoms with E-state index in [0.717, 1.165) is 55.8 Å². The van der Waals surface area contributed by atoms with Crippen molar-refractivity contribution in [2.45, 2.75) is 88.1 Å². The van der Waals surface area contributed by atoms with Crippen LogP contribution in [0.15, 0.2) is 18.2 Å². The molecule has 0 radical (unpaired) electrons. The largest absolute Gasteiger partial charge is 0.487 e. The summed E-state index contributed by atoms with van der Waals surface area (Å²) in [7, 11) is 0. The Hall–Kier alpha value is -2.32. The third-order valence-electron chi connectivity index (χ3n) is 7.56. The third-order valence-corrected chi connectivity index (χ3v) is 7.56. The van der Waals surface area contributed by atoms with Crippen LogP contribution in [-0.2, 0) is 9.53 Å². The van der Waals surface area contributed by atoms with Crippen molar-refractivity contribution in [3.8, 4) is 5.75 Å². The van der Waals surface area contributed by atoms with E-state index in [1.54, 1.807) is 0 Å². The summed E-state index contributed by atoms with van der Waals surface area (Å²) >= 11 is 0. The molecule has 1 aliphatic carbocycles. The van der Waals surface area contributed by atoms with Gasteiger partial charge in [-0.1, -0.05) is 12.8 Å². The Labute approximate surface area is 195 Å². The molecule has 0 spiro atoms. The smallest absolute Gasteiger partial charge is 0.319 e. The summed E-state index contributed by atoms with van der Waals surface area (Å²) in [4.78, 5) is 27.2. The molecule has 4 atom stereocenters. The molecule has 2 saturated heterocycles. The van der Waals surface area contributed by atoms with Gasteiger partial charge < -0.3 is 30.1 Å². The van der Waals surface area contributed by atoms with E-state index in [1.807, 2.05) is 23.1 Å². The summed E-state index contributed by atoms with van der Waals surface area (Å²) in [5.41, 5.74) is 1.73. The molecule has 180 valence electrons. The molecule has 3 N–H and O–H groups in total. The summed E-state index contributed by atoms with van der Waals surface area (Å²) in [6.07, 6.45) is 7.69. The van der Waals surface area contributed by atoms with Gasteiger partial charge in [-0.15, -0.1) is 0 Å². The van der Waals surface area contributed by atoms with Gasteiger partial charge >= 0.3 is 6.03 Å². The molecule has 3 fully saturated rings. The molecule has 0 unspecified atom stereocenters. The van der Waals surface area contributed by atoms with Gasteiger partial charge in [-0.3, -0.25) is 4.79 Å². The number of aliphatic hydroxyl groups excluding tert-OH is 1. The van der Waals surface area contributed by atoms with Crippen molar-refractivity contribution < 1.29 is 24.2 Å². The predicted octanol–water partition coefficient (Wildman–Crippen LogP) is 3.15. The Kier molecular flexibility index (Phi) is 6.74. The Morgan fingerprint density at radius 3 is 2.64 bits per heavy atom. The standard InChI is InChI=1S/C25H35N3O5/c29-15-22-24-20(13-18(32-22)14-23(30)28-10-4-1-5-11-28)19-12-17(8-9-21(19)33-24)27-25(31)26-16-6-2-3-7-16/h8-9,12,16,18,20,22,24,29H,1-7,10-11,13-15H2,(H2,26,27,31)/t18-,20+,22-,24-/m1/s1. The van der Waals surface area contributed by atoms with E-state index in [4.69, 9.17) is 9.47 Å². The van der Waals surface area contributed by atoms with Crippen LogP contribution in [0.25, 0.3) is 0 Å². The van der Waals surface area contributed by atoms with Gasteiger partial charge in [0.25, 0.3) is 0 Å². The fourth-order valence-electron chi connectivity index (χ4n) is 5.86. The number of carbonyl (C=O) groups is 2. The van der Waals surface area contributed by atoms with E-state index in [-0.39, 0.29) is 42.7 Å². The van der Waals surface area contributed by atoms with E-state index in [2.05, 4.69) is 10.6 Å². The monoisotopic (exact) mass is 457 g/mol. The highest BCUT2D eigenvalue weighted by atomic mass is 16.6. The van der Waals surface area contributed by atoms with E-state index in [0.29, 0.717) is 12.8 Å². The zero-order chi connectivity index (χ0) is 22.8. The number of carbonyl (C=O) groups excluding carboxylic acids is 2. The maximum atomic E-state index is 12.8. The second-order valence-corrected chi connectivity index (χ2v) is 9.88. The molecule has 0 aromatic heterocycles. The van der Waals surface area contributed by atoms with Crippen molar-refractivity contribution in [3.05, 3.63) is 23.8 Å². The quantitative estimate of drug-likeness (QED) is 0.631. The van der Waals surface area contributed by atoms with E-state index < -0.39 is 6.10 Å². The first-order valence-electron chi connectivity index (χ1n) is 12.5. The fourth-order valence-corrected chi connectivity index (χ4v) is 5.86. The molecule has 33 heavy (non-hydrogen) atoms. The lowest BCUT2D eigenvalue weighted by Crippen LogP contribution is -2.48. The Morgan fingerprint density at radius 1 is 1.09 bits per heavy atom. The number of piperidine rings is 1. The Balaban J connectivity index is 1.26. The number of ether oxygens (including phenoxy) is 2. The second-order valence-electron chi connectivity index (χ2n) is 9.88. The number of anilines is 1. The van der Waals surface area contributed by atoms with Crippen molar-refractivity contribution in [1.82, 2.24) is 10.2 Å². The van der Waals surface area contributed by atoms with Gasteiger partial charge in [0.2, 0.25) is 5.91 Å². The highest BCUT2D eigenvalue weighted by molar-refractivity contribution is 5.89. The van der Waals surface area contributed by atoms with E-state index >= 15 is 0 Å². The fraction of sp³-hybridized carbons (Fsp3) is 0.680. The number of aliphatic hydroxyl groups is 1. The zero-order valence-electron chi connectivity index (χ0n) is 19.1. The number of likely N-dealkylation sites (tertiary alicyclic amines) is 1. The lowest BCUT2D eigenvalue weighted by Gasteiger charge is -2.38. The molecule has 0 bridgehead atoms. The van der Waals surface area contributed by atoms with Crippen molar-refractivity contribution in [3.63, 3.8) is 0 Å². The molecular formula is C25H35N3O5. The molecule has 1 aromatic rings. The third kappa shape index (κ3) is 4.96. The topological polar surface area (TPSA) is 100 Å². The predicted molar refractivity (Wildman–Crippen MR) is 123 cm³/mol. The molecule has 3 aliphatic heterocycles. The number of urea groups is 1. The van der Waals surface area contributed by atoms with E-state index in [9.17, 15) is 14.7 Å². The summed E-state index contributed by atoms with van der Waals surface area (Å²) in [5, 5.41) is 16.0. The second kappa shape index (κ2) is 9.89. The number of nitrogens with one attached hydrogen (secondary N) is 2. The summed E-state index contributed by atoms with van der Waals surface area (Å²) < 4.78 is 12.3. The minimum absolute atomic E-state index is 0.0182. The maximum absolute atomic E-state index is 12.8. The van der Waals surface area contributed by atoms with Crippen LogP contribution in [0.4, 0.5) is 10.5 Å². The average molecular weight is 458 g/mol. The Bertz CT molecular complexity index is 866. The summed E-state index contributed by atoms with van der Waals surface area (Å²) in [6, 6.07) is 5.77. The first-order valence-corrected chi connectivity index (χ1v) is 12.5. The number of fused-ring (bicyclic) bond motifs is 3. The number of benzene rings is 1. The minimum Gasteiger partial charge on any atom is -0.487 e. The van der Waals surface area contributed by atoms with Gasteiger partial charge in [0.15, 0.2) is 0 Å². The van der Waals surface area contributed by atoms with Crippen molar-refractivity contribution in [2.24, 2.45) is 0 Å². The average Bonchev–Trinajstić information content (AvgIpc) is 3.46. The molecular weight excluding hydrogens is 422 g/mol. The van der Waals surface area contributed by atoms with Crippen molar-refractivity contribution in [1.29, 1.82) is 0 Å². The van der Waals surface area contributed by atoms with Gasteiger partial charge in [0.05, 0.1) is 19.1 Å². The first kappa shape index (κ1) is 22.5. The van der Waals surface area contributed by atoms with E-state index in [1.165, 1.54) is 19.3 Å². The first-order chi connectivity index (χ1) is 16.1. The van der Waals surface area contributed by atoms with Crippen LogP contribution in [-0.4, -0.2) is 66.0 Å². The van der Waals surface area contributed by atoms with Crippen LogP contribution in [0, 0.1) is 0 Å². The lowest BCUT2D eigenvalue weighted by atomic mass is 9.84. The van der Waals surface area contributed by atoms with Gasteiger partial charge in [0, 0.05) is 36.3 Å². The number of nitrogens with zero attached hydrogens (tertiary/aromatic N) is 1. The lowest BCUT2D eigenvalue weighted by molar-refractivity contribution is -0.149. The van der Waals surface area contributed by atoms with Crippen LogP contribution in [0.2, 0.25) is 0 Å². The van der Waals surface area contributed by atoms with Crippen LogP contribution in [0.3, 0.4) is 0 Å². The summed E-state index contributed by atoms with van der Waals surface area (Å²) in [5.74, 6) is 0.912. The van der Waals surface area contributed by atoms with Crippen LogP contribution in [0.1, 0.15) is 69.3 Å². The number of rotatable bonds is 5. The zero-order valence-corrected chi connectivity index (χ0v) is 19.1. The minimum atomic E-state index is -0.475. The van der Waals surface area contributed by atoms with Crippen LogP contribution >= 0.6 is 0 Å².